The molecule has 112 valence electrons. The first-order chi connectivity index (χ1) is 9.65. The summed E-state index contributed by atoms with van der Waals surface area (Å²) in [7, 11) is 1.56. The predicted octanol–water partition coefficient (Wildman–Crippen LogP) is 1.51. The van der Waals surface area contributed by atoms with Gasteiger partial charge in [-0.25, -0.2) is 0 Å². The molecule has 1 rings (SSSR count). The molecule has 0 aromatic heterocycles. The number of rotatable bonds is 8. The summed E-state index contributed by atoms with van der Waals surface area (Å²) in [4.78, 5) is 2.28. The highest BCUT2D eigenvalue weighted by Crippen LogP contribution is 2.27. The Balaban J connectivity index is 2.71. The van der Waals surface area contributed by atoms with Crippen LogP contribution in [0.3, 0.4) is 0 Å². The molecule has 6 nitrogen and oxygen atoms in total. The van der Waals surface area contributed by atoms with Crippen molar-refractivity contribution < 1.29 is 14.7 Å². The highest BCUT2D eigenvalue weighted by atomic mass is 16.5. The number of hydrogen-bond acceptors (Lipinski definition) is 5. The number of ether oxygens (including phenoxy) is 2. The quantitative estimate of drug-likeness (QED) is 0.327. The molecule has 0 aliphatic rings. The summed E-state index contributed by atoms with van der Waals surface area (Å²) in [6, 6.07) is 5.17. The zero-order valence-corrected chi connectivity index (χ0v) is 12.3. The van der Waals surface area contributed by atoms with Crippen molar-refractivity contribution >= 4 is 5.84 Å². The van der Waals surface area contributed by atoms with Gasteiger partial charge in [0.15, 0.2) is 17.3 Å². The first-order valence-electron chi connectivity index (χ1n) is 6.67. The highest BCUT2D eigenvalue weighted by Gasteiger charge is 2.09. The fourth-order valence-corrected chi connectivity index (χ4v) is 1.83. The Hall–Kier alpha value is -1.95. The third-order valence-electron chi connectivity index (χ3n) is 3.13. The van der Waals surface area contributed by atoms with Crippen LogP contribution in [0.1, 0.15) is 19.4 Å². The van der Waals surface area contributed by atoms with E-state index in [0.717, 1.165) is 19.6 Å². The van der Waals surface area contributed by atoms with Gasteiger partial charge >= 0.3 is 0 Å². The zero-order chi connectivity index (χ0) is 15.0. The number of nitrogens with two attached hydrogens (primary N) is 1. The van der Waals surface area contributed by atoms with Crippen LogP contribution >= 0.6 is 0 Å². The van der Waals surface area contributed by atoms with Gasteiger partial charge in [-0.1, -0.05) is 19.0 Å². The maximum Gasteiger partial charge on any atom is 0.170 e. The maximum absolute atomic E-state index is 8.66. The fraction of sp³-hybridized carbons (Fsp3) is 0.500. The Kier molecular flexibility index (Phi) is 6.66. The van der Waals surface area contributed by atoms with Gasteiger partial charge in [-0.05, 0) is 31.3 Å². The summed E-state index contributed by atoms with van der Waals surface area (Å²) in [5.74, 6) is 1.25. The molecule has 0 fully saturated rings. The van der Waals surface area contributed by atoms with Crippen molar-refractivity contribution in [2.75, 3.05) is 33.4 Å². The SMILES string of the molecule is CCN(CC)CCOc1ccc(/C(N)=N/O)cc1OC. The molecule has 0 saturated carbocycles. The molecular formula is C14H23N3O3. The van der Waals surface area contributed by atoms with Crippen molar-refractivity contribution in [2.24, 2.45) is 10.9 Å². The summed E-state index contributed by atoms with van der Waals surface area (Å²) in [5, 5.41) is 11.6. The lowest BCUT2D eigenvalue weighted by atomic mass is 10.2. The molecule has 0 unspecified atom stereocenters. The molecule has 20 heavy (non-hydrogen) atoms. The molecule has 0 spiro atoms. The molecule has 6 heteroatoms. The molecule has 3 N–H and O–H groups in total. The number of benzene rings is 1. The van der Waals surface area contributed by atoms with E-state index in [4.69, 9.17) is 20.4 Å². The molecular weight excluding hydrogens is 258 g/mol. The van der Waals surface area contributed by atoms with E-state index in [2.05, 4.69) is 23.9 Å². The average Bonchev–Trinajstić information content (AvgIpc) is 2.50. The summed E-state index contributed by atoms with van der Waals surface area (Å²) in [5.41, 5.74) is 6.12. The van der Waals surface area contributed by atoms with Crippen LogP contribution in [0, 0.1) is 0 Å². The number of hydrogen-bond donors (Lipinski definition) is 2. The Bertz CT molecular complexity index is 445. The Labute approximate surface area is 119 Å². The van der Waals surface area contributed by atoms with Gasteiger partial charge in [-0.15, -0.1) is 0 Å². The molecule has 0 radical (unpaired) electrons. The Morgan fingerprint density at radius 1 is 1.30 bits per heavy atom. The summed E-state index contributed by atoms with van der Waals surface area (Å²) >= 11 is 0. The number of amidine groups is 1. The largest absolute Gasteiger partial charge is 0.493 e. The van der Waals surface area contributed by atoms with Gasteiger partial charge in [0.25, 0.3) is 0 Å². The van der Waals surface area contributed by atoms with Crippen molar-refractivity contribution in [3.05, 3.63) is 23.8 Å². The molecule has 0 aliphatic carbocycles. The van der Waals surface area contributed by atoms with E-state index in [9.17, 15) is 0 Å². The van der Waals surface area contributed by atoms with Crippen LogP contribution in [0.25, 0.3) is 0 Å². The zero-order valence-electron chi connectivity index (χ0n) is 12.3. The van der Waals surface area contributed by atoms with E-state index >= 15 is 0 Å². The van der Waals surface area contributed by atoms with E-state index in [1.807, 2.05) is 0 Å². The Morgan fingerprint density at radius 3 is 2.55 bits per heavy atom. The van der Waals surface area contributed by atoms with Crippen molar-refractivity contribution in [1.82, 2.24) is 4.90 Å². The molecule has 0 bridgehead atoms. The van der Waals surface area contributed by atoms with Crippen LogP contribution in [0.4, 0.5) is 0 Å². The van der Waals surface area contributed by atoms with Crippen LogP contribution in [-0.2, 0) is 0 Å². The van der Waals surface area contributed by atoms with E-state index < -0.39 is 0 Å². The topological polar surface area (TPSA) is 80.3 Å². The van der Waals surface area contributed by atoms with Gasteiger partial charge in [0, 0.05) is 12.1 Å². The van der Waals surface area contributed by atoms with E-state index in [1.54, 1.807) is 25.3 Å². The molecule has 0 saturated heterocycles. The average molecular weight is 281 g/mol. The molecule has 0 heterocycles. The monoisotopic (exact) mass is 281 g/mol. The second-order valence-corrected chi connectivity index (χ2v) is 4.23. The third kappa shape index (κ3) is 4.31. The minimum Gasteiger partial charge on any atom is -0.493 e. The molecule has 0 atom stereocenters. The number of likely N-dealkylation sites (N-methyl/N-ethyl adjacent to an activating group) is 1. The number of methoxy groups -OCH3 is 1. The van der Waals surface area contributed by atoms with E-state index in [0.29, 0.717) is 23.7 Å². The third-order valence-corrected chi connectivity index (χ3v) is 3.13. The highest BCUT2D eigenvalue weighted by molar-refractivity contribution is 5.97. The standard InChI is InChI=1S/C14H23N3O3/c1-4-17(5-2)8-9-20-12-7-6-11(14(15)16-18)10-13(12)19-3/h6-7,10,18H,4-5,8-9H2,1-3H3,(H2,15,16). The first-order valence-corrected chi connectivity index (χ1v) is 6.67. The van der Waals surface area contributed by atoms with Gasteiger partial charge in [0.05, 0.1) is 7.11 Å². The van der Waals surface area contributed by atoms with Crippen molar-refractivity contribution in [3.63, 3.8) is 0 Å². The van der Waals surface area contributed by atoms with Crippen LogP contribution in [0.15, 0.2) is 23.4 Å². The summed E-state index contributed by atoms with van der Waals surface area (Å²) < 4.78 is 11.0. The lowest BCUT2D eigenvalue weighted by Crippen LogP contribution is -2.28. The van der Waals surface area contributed by atoms with Gasteiger partial charge in [-0.2, -0.15) is 0 Å². The van der Waals surface area contributed by atoms with Crippen molar-refractivity contribution in [1.29, 1.82) is 0 Å². The minimum absolute atomic E-state index is 0.0398. The van der Waals surface area contributed by atoms with Crippen LogP contribution in [0.2, 0.25) is 0 Å². The molecule has 1 aromatic carbocycles. The van der Waals surface area contributed by atoms with Crippen molar-refractivity contribution in [3.8, 4) is 11.5 Å². The maximum atomic E-state index is 8.66. The van der Waals surface area contributed by atoms with Gasteiger partial charge in [0.1, 0.15) is 6.61 Å². The molecule has 0 aliphatic heterocycles. The second kappa shape index (κ2) is 8.27. The first kappa shape index (κ1) is 16.1. The lowest BCUT2D eigenvalue weighted by Gasteiger charge is -2.18. The lowest BCUT2D eigenvalue weighted by molar-refractivity contribution is 0.217. The molecule has 0 amide bonds. The summed E-state index contributed by atoms with van der Waals surface area (Å²) in [6.07, 6.45) is 0. The number of nitrogens with zero attached hydrogens (tertiary/aromatic N) is 2. The Morgan fingerprint density at radius 2 is 2.00 bits per heavy atom. The fourth-order valence-electron chi connectivity index (χ4n) is 1.83. The predicted molar refractivity (Wildman–Crippen MR) is 78.8 cm³/mol. The smallest absolute Gasteiger partial charge is 0.170 e. The number of oxime groups is 1. The van der Waals surface area contributed by atoms with E-state index in [1.165, 1.54) is 0 Å². The second-order valence-electron chi connectivity index (χ2n) is 4.23. The van der Waals surface area contributed by atoms with Crippen LogP contribution in [-0.4, -0.2) is 49.3 Å². The molecule has 1 aromatic rings. The van der Waals surface area contributed by atoms with Crippen LogP contribution in [0.5, 0.6) is 11.5 Å². The van der Waals surface area contributed by atoms with E-state index in [-0.39, 0.29) is 5.84 Å². The van der Waals surface area contributed by atoms with Gasteiger partial charge in [-0.3, -0.25) is 0 Å². The van der Waals surface area contributed by atoms with Gasteiger partial charge < -0.3 is 25.3 Å². The van der Waals surface area contributed by atoms with Crippen LogP contribution < -0.4 is 15.2 Å². The summed E-state index contributed by atoms with van der Waals surface area (Å²) in [6.45, 7) is 7.68. The van der Waals surface area contributed by atoms with Gasteiger partial charge in [0.2, 0.25) is 0 Å². The normalized spacial score (nSPS) is 11.7. The minimum atomic E-state index is 0.0398. The van der Waals surface area contributed by atoms with Crippen molar-refractivity contribution in [2.45, 2.75) is 13.8 Å².